The minimum absolute atomic E-state index is 0.939. The van der Waals surface area contributed by atoms with E-state index in [0.29, 0.717) is 0 Å². The van der Waals surface area contributed by atoms with E-state index in [1.807, 2.05) is 18.7 Å². The number of benzene rings is 1. The van der Waals surface area contributed by atoms with Crippen LogP contribution in [-0.4, -0.2) is 16.9 Å². The largest absolute Gasteiger partial charge is 0.496 e. The van der Waals surface area contributed by atoms with Gasteiger partial charge in [-0.25, -0.2) is 0 Å². The van der Waals surface area contributed by atoms with Crippen molar-refractivity contribution in [2.45, 2.75) is 27.7 Å². The number of methoxy groups -OCH3 is 1. The molecule has 0 amide bonds. The number of hydrogen-bond acceptors (Lipinski definition) is 2. The van der Waals surface area contributed by atoms with Crippen molar-refractivity contribution in [2.75, 3.05) is 7.11 Å². The third-order valence-corrected chi connectivity index (χ3v) is 4.60. The molecule has 0 saturated heterocycles. The first-order valence-electron chi connectivity index (χ1n) is 6.22. The molecular formula is C15H19BrN2O. The van der Waals surface area contributed by atoms with Crippen molar-refractivity contribution in [2.24, 2.45) is 7.05 Å². The second-order valence-corrected chi connectivity index (χ2v) is 5.69. The summed E-state index contributed by atoms with van der Waals surface area (Å²) in [6.07, 6.45) is 0. The SMILES string of the molecule is COc1cc(C)c(-c2c(Br)c(C)nn2C)c(C)c1C. The maximum absolute atomic E-state index is 5.43. The quantitative estimate of drug-likeness (QED) is 0.832. The van der Waals surface area contributed by atoms with Gasteiger partial charge in [0.1, 0.15) is 5.75 Å². The Hall–Kier alpha value is -1.29. The average molecular weight is 323 g/mol. The van der Waals surface area contributed by atoms with Gasteiger partial charge in [-0.15, -0.1) is 0 Å². The van der Waals surface area contributed by atoms with E-state index < -0.39 is 0 Å². The van der Waals surface area contributed by atoms with E-state index in [0.717, 1.165) is 21.6 Å². The summed E-state index contributed by atoms with van der Waals surface area (Å²) in [6.45, 7) is 8.34. The molecular weight excluding hydrogens is 304 g/mol. The maximum atomic E-state index is 5.43. The van der Waals surface area contributed by atoms with Crippen molar-refractivity contribution in [1.29, 1.82) is 0 Å². The molecule has 0 unspecified atom stereocenters. The molecule has 1 aromatic carbocycles. The highest BCUT2D eigenvalue weighted by Crippen LogP contribution is 2.38. The van der Waals surface area contributed by atoms with Crippen molar-refractivity contribution in [3.8, 4) is 17.0 Å². The van der Waals surface area contributed by atoms with Gasteiger partial charge in [0.25, 0.3) is 0 Å². The molecule has 0 aliphatic carbocycles. The molecule has 0 aliphatic rings. The van der Waals surface area contributed by atoms with Gasteiger partial charge in [0, 0.05) is 12.6 Å². The summed E-state index contributed by atoms with van der Waals surface area (Å²) >= 11 is 3.65. The van der Waals surface area contributed by atoms with Crippen molar-refractivity contribution in [3.05, 3.63) is 32.9 Å². The second-order valence-electron chi connectivity index (χ2n) is 4.89. The summed E-state index contributed by atoms with van der Waals surface area (Å²) in [6, 6.07) is 2.09. The van der Waals surface area contributed by atoms with Crippen LogP contribution in [0.2, 0.25) is 0 Å². The summed E-state index contributed by atoms with van der Waals surface area (Å²) in [5, 5.41) is 4.48. The van der Waals surface area contributed by atoms with E-state index in [-0.39, 0.29) is 0 Å². The zero-order valence-electron chi connectivity index (χ0n) is 12.3. The molecule has 102 valence electrons. The van der Waals surface area contributed by atoms with Gasteiger partial charge in [0.2, 0.25) is 0 Å². The third kappa shape index (κ3) is 2.18. The van der Waals surface area contributed by atoms with Crippen LogP contribution in [0.3, 0.4) is 0 Å². The first-order valence-corrected chi connectivity index (χ1v) is 7.02. The van der Waals surface area contributed by atoms with Crippen molar-refractivity contribution >= 4 is 15.9 Å². The Morgan fingerprint density at radius 3 is 2.26 bits per heavy atom. The fraction of sp³-hybridized carbons (Fsp3) is 0.400. The molecule has 1 heterocycles. The van der Waals surface area contributed by atoms with Crippen LogP contribution in [0.4, 0.5) is 0 Å². The Kier molecular flexibility index (Phi) is 3.72. The number of nitrogens with zero attached hydrogens (tertiary/aromatic N) is 2. The summed E-state index contributed by atoms with van der Waals surface area (Å²) in [7, 11) is 3.69. The van der Waals surface area contributed by atoms with Gasteiger partial charge in [-0.3, -0.25) is 4.68 Å². The van der Waals surface area contributed by atoms with Crippen molar-refractivity contribution in [1.82, 2.24) is 9.78 Å². The van der Waals surface area contributed by atoms with Gasteiger partial charge in [0.05, 0.1) is 23.0 Å². The lowest BCUT2D eigenvalue weighted by atomic mass is 9.95. The number of halogens is 1. The Balaban J connectivity index is 2.80. The van der Waals surface area contributed by atoms with Crippen LogP contribution < -0.4 is 4.74 Å². The van der Waals surface area contributed by atoms with Crippen molar-refractivity contribution < 1.29 is 4.74 Å². The fourth-order valence-corrected chi connectivity index (χ4v) is 3.06. The van der Waals surface area contributed by atoms with Gasteiger partial charge in [0.15, 0.2) is 0 Å². The molecule has 0 fully saturated rings. The monoisotopic (exact) mass is 322 g/mol. The standard InChI is InChI=1S/C15H19BrN2O/c1-8-7-12(19-6)9(2)10(3)13(8)15-14(16)11(4)17-18(15)5/h7H,1-6H3. The molecule has 2 aromatic rings. The van der Waals surface area contributed by atoms with Gasteiger partial charge in [-0.2, -0.15) is 5.10 Å². The number of aryl methyl sites for hydroxylation is 3. The molecule has 0 N–H and O–H groups in total. The number of aromatic nitrogens is 2. The zero-order valence-corrected chi connectivity index (χ0v) is 13.8. The van der Waals surface area contributed by atoms with E-state index in [2.05, 4.69) is 47.9 Å². The molecule has 0 radical (unpaired) electrons. The minimum atomic E-state index is 0.939. The number of hydrogen-bond donors (Lipinski definition) is 0. The Bertz CT molecular complexity index is 644. The predicted molar refractivity (Wildman–Crippen MR) is 81.8 cm³/mol. The molecule has 0 bridgehead atoms. The number of ether oxygens (including phenoxy) is 1. The first-order chi connectivity index (χ1) is 8.88. The normalized spacial score (nSPS) is 10.9. The lowest BCUT2D eigenvalue weighted by Crippen LogP contribution is -2.01. The van der Waals surface area contributed by atoms with Gasteiger partial charge >= 0.3 is 0 Å². The molecule has 0 saturated carbocycles. The molecule has 0 atom stereocenters. The van der Waals surface area contributed by atoms with Crippen LogP contribution in [-0.2, 0) is 7.05 Å². The molecule has 4 heteroatoms. The average Bonchev–Trinajstić information content (AvgIpc) is 2.60. The van der Waals surface area contributed by atoms with Crippen LogP contribution in [0.25, 0.3) is 11.3 Å². The smallest absolute Gasteiger partial charge is 0.122 e. The minimum Gasteiger partial charge on any atom is -0.496 e. The predicted octanol–water partition coefficient (Wildman–Crippen LogP) is 4.09. The molecule has 3 nitrogen and oxygen atoms in total. The summed E-state index contributed by atoms with van der Waals surface area (Å²) < 4.78 is 8.42. The number of rotatable bonds is 2. The summed E-state index contributed by atoms with van der Waals surface area (Å²) in [5.41, 5.74) is 6.97. The Morgan fingerprint density at radius 1 is 1.16 bits per heavy atom. The zero-order chi connectivity index (χ0) is 14.3. The van der Waals surface area contributed by atoms with Crippen LogP contribution in [0.1, 0.15) is 22.4 Å². The Morgan fingerprint density at radius 2 is 1.79 bits per heavy atom. The lowest BCUT2D eigenvalue weighted by Gasteiger charge is -2.16. The summed E-state index contributed by atoms with van der Waals surface area (Å²) in [5.74, 6) is 0.939. The van der Waals surface area contributed by atoms with Gasteiger partial charge in [-0.1, -0.05) is 0 Å². The maximum Gasteiger partial charge on any atom is 0.122 e. The van der Waals surface area contributed by atoms with E-state index in [1.54, 1.807) is 7.11 Å². The molecule has 1 aromatic heterocycles. The van der Waals surface area contributed by atoms with Crippen LogP contribution in [0, 0.1) is 27.7 Å². The third-order valence-electron chi connectivity index (χ3n) is 3.65. The summed E-state index contributed by atoms with van der Waals surface area (Å²) in [4.78, 5) is 0. The van der Waals surface area contributed by atoms with E-state index in [1.165, 1.54) is 22.3 Å². The fourth-order valence-electron chi connectivity index (χ4n) is 2.53. The molecule has 0 aliphatic heterocycles. The highest BCUT2D eigenvalue weighted by molar-refractivity contribution is 9.10. The van der Waals surface area contributed by atoms with Crippen LogP contribution >= 0.6 is 15.9 Å². The highest BCUT2D eigenvalue weighted by atomic mass is 79.9. The second kappa shape index (κ2) is 5.00. The van der Waals surface area contributed by atoms with E-state index >= 15 is 0 Å². The molecule has 19 heavy (non-hydrogen) atoms. The topological polar surface area (TPSA) is 27.1 Å². The highest BCUT2D eigenvalue weighted by Gasteiger charge is 2.19. The van der Waals surface area contributed by atoms with Crippen LogP contribution in [0.5, 0.6) is 5.75 Å². The Labute approximate surface area is 122 Å². The first kappa shape index (κ1) is 14.1. The molecule has 2 rings (SSSR count). The molecule has 0 spiro atoms. The lowest BCUT2D eigenvalue weighted by molar-refractivity contribution is 0.411. The van der Waals surface area contributed by atoms with Crippen LogP contribution in [0.15, 0.2) is 10.5 Å². The van der Waals surface area contributed by atoms with Gasteiger partial charge < -0.3 is 4.74 Å². The van der Waals surface area contributed by atoms with Crippen molar-refractivity contribution in [3.63, 3.8) is 0 Å². The van der Waals surface area contributed by atoms with E-state index in [9.17, 15) is 0 Å². The van der Waals surface area contributed by atoms with Gasteiger partial charge in [-0.05, 0) is 66.4 Å². The van der Waals surface area contributed by atoms with E-state index in [4.69, 9.17) is 4.74 Å².